The van der Waals surface area contributed by atoms with Crippen molar-refractivity contribution in [2.75, 3.05) is 23.9 Å². The summed E-state index contributed by atoms with van der Waals surface area (Å²) in [4.78, 5) is 35.9. The molecule has 0 aliphatic heterocycles. The summed E-state index contributed by atoms with van der Waals surface area (Å²) < 4.78 is 23.6. The van der Waals surface area contributed by atoms with Gasteiger partial charge in [-0.2, -0.15) is 0 Å². The number of methoxy groups -OCH3 is 1. The zero-order valence-electron chi connectivity index (χ0n) is 15.4. The topological polar surface area (TPSA) is 81.7 Å². The van der Waals surface area contributed by atoms with E-state index < -0.39 is 23.8 Å². The summed E-state index contributed by atoms with van der Waals surface area (Å²) in [5, 5.41) is 2.42. The lowest BCUT2D eigenvalue weighted by atomic mass is 10.1. The van der Waals surface area contributed by atoms with Gasteiger partial charge < -0.3 is 14.8 Å². The number of Topliss-reactive ketones (excluding diaryl/α,β-unsaturated/α-hetero) is 1. The molecular weight excluding hydrogens is 385 g/mol. The molecule has 148 valence electrons. The van der Waals surface area contributed by atoms with Crippen LogP contribution in [0.15, 0.2) is 48.5 Å². The Morgan fingerprint density at radius 2 is 1.75 bits per heavy atom. The zero-order valence-corrected chi connectivity index (χ0v) is 16.3. The molecule has 0 aromatic heterocycles. The summed E-state index contributed by atoms with van der Waals surface area (Å²) in [5.74, 6) is -1.46. The van der Waals surface area contributed by atoms with Gasteiger partial charge in [0.2, 0.25) is 11.7 Å². The molecule has 6 nitrogen and oxygen atoms in total. The molecule has 28 heavy (non-hydrogen) atoms. The van der Waals surface area contributed by atoms with E-state index in [0.29, 0.717) is 11.3 Å². The molecule has 0 fully saturated rings. The molecule has 0 aliphatic carbocycles. The summed E-state index contributed by atoms with van der Waals surface area (Å²) in [6.45, 7) is 1.49. The highest BCUT2D eigenvalue weighted by atomic mass is 32.2. The molecule has 8 heteroatoms. The number of carbonyl (C=O) groups excluding carboxylic acids is 3. The van der Waals surface area contributed by atoms with Gasteiger partial charge in [0.05, 0.1) is 24.3 Å². The van der Waals surface area contributed by atoms with Crippen molar-refractivity contribution in [1.82, 2.24) is 0 Å². The van der Waals surface area contributed by atoms with E-state index in [1.54, 1.807) is 30.3 Å². The fraction of sp³-hybridized carbons (Fsp3) is 0.250. The lowest BCUT2D eigenvalue weighted by Gasteiger charge is -2.12. The summed E-state index contributed by atoms with van der Waals surface area (Å²) in [6, 6.07) is 12.3. The van der Waals surface area contributed by atoms with Crippen LogP contribution in [0.25, 0.3) is 0 Å². The smallest absolute Gasteiger partial charge is 0.316 e. The normalized spacial score (nSPS) is 11.4. The second-order valence-corrected chi connectivity index (χ2v) is 6.73. The molecule has 2 aromatic carbocycles. The molecule has 0 spiro atoms. The molecule has 0 radical (unpaired) electrons. The van der Waals surface area contributed by atoms with Gasteiger partial charge in [-0.3, -0.25) is 14.4 Å². The van der Waals surface area contributed by atoms with Crippen LogP contribution in [0.3, 0.4) is 0 Å². The average molecular weight is 405 g/mol. The number of carbonyl (C=O) groups is 3. The first-order valence-electron chi connectivity index (χ1n) is 8.40. The molecule has 0 aliphatic rings. The average Bonchev–Trinajstić information content (AvgIpc) is 2.69. The number of anilines is 1. The summed E-state index contributed by atoms with van der Waals surface area (Å²) in [6.07, 6.45) is -0.950. The SMILES string of the molecule is COc1ccc(C(=O)[C@H](C)OC(=O)CSCC(=O)Nc2ccccc2F)cc1. The van der Waals surface area contributed by atoms with Crippen LogP contribution in [-0.2, 0) is 14.3 Å². The summed E-state index contributed by atoms with van der Waals surface area (Å²) in [7, 11) is 1.52. The molecule has 0 bridgehead atoms. The van der Waals surface area contributed by atoms with E-state index in [0.717, 1.165) is 11.8 Å². The number of ether oxygens (including phenoxy) is 2. The van der Waals surface area contributed by atoms with Gasteiger partial charge in [-0.25, -0.2) is 4.39 Å². The van der Waals surface area contributed by atoms with E-state index in [4.69, 9.17) is 9.47 Å². The second-order valence-electron chi connectivity index (χ2n) is 5.75. The van der Waals surface area contributed by atoms with Crippen LogP contribution in [0.2, 0.25) is 0 Å². The number of para-hydroxylation sites is 1. The van der Waals surface area contributed by atoms with Gasteiger partial charge >= 0.3 is 5.97 Å². The fourth-order valence-corrected chi connectivity index (χ4v) is 2.84. The van der Waals surface area contributed by atoms with Crippen LogP contribution in [0.1, 0.15) is 17.3 Å². The van der Waals surface area contributed by atoms with Crippen molar-refractivity contribution in [3.63, 3.8) is 0 Å². The minimum Gasteiger partial charge on any atom is -0.497 e. The monoisotopic (exact) mass is 405 g/mol. The van der Waals surface area contributed by atoms with Crippen molar-refractivity contribution in [3.8, 4) is 5.75 Å². The molecule has 0 unspecified atom stereocenters. The Morgan fingerprint density at radius 3 is 2.39 bits per heavy atom. The highest BCUT2D eigenvalue weighted by Crippen LogP contribution is 2.15. The van der Waals surface area contributed by atoms with Crippen LogP contribution in [0.5, 0.6) is 5.75 Å². The molecule has 1 atom stereocenters. The molecular formula is C20H20FNO5S. The maximum Gasteiger partial charge on any atom is 0.316 e. The molecule has 0 saturated carbocycles. The summed E-state index contributed by atoms with van der Waals surface area (Å²) >= 11 is 1.01. The highest BCUT2D eigenvalue weighted by Gasteiger charge is 2.20. The third kappa shape index (κ3) is 6.38. The third-order valence-corrected chi connectivity index (χ3v) is 4.56. The number of hydrogen-bond donors (Lipinski definition) is 1. The van der Waals surface area contributed by atoms with Crippen molar-refractivity contribution >= 4 is 35.1 Å². The highest BCUT2D eigenvalue weighted by molar-refractivity contribution is 8.00. The Balaban J connectivity index is 1.74. The first-order chi connectivity index (χ1) is 13.4. The van der Waals surface area contributed by atoms with Crippen LogP contribution < -0.4 is 10.1 Å². The molecule has 0 heterocycles. The van der Waals surface area contributed by atoms with Crippen molar-refractivity contribution in [2.24, 2.45) is 0 Å². The minimum atomic E-state index is -0.950. The second kappa shape index (κ2) is 10.5. The lowest BCUT2D eigenvalue weighted by molar-refractivity contribution is -0.143. The Morgan fingerprint density at radius 1 is 1.07 bits per heavy atom. The van der Waals surface area contributed by atoms with Gasteiger partial charge in [0, 0.05) is 5.56 Å². The van der Waals surface area contributed by atoms with E-state index in [9.17, 15) is 18.8 Å². The van der Waals surface area contributed by atoms with Crippen molar-refractivity contribution in [3.05, 3.63) is 59.9 Å². The molecule has 2 aromatic rings. The number of amides is 1. The van der Waals surface area contributed by atoms with E-state index in [2.05, 4.69) is 5.32 Å². The van der Waals surface area contributed by atoms with E-state index in [1.807, 2.05) is 0 Å². The molecule has 0 saturated heterocycles. The largest absolute Gasteiger partial charge is 0.497 e. The van der Waals surface area contributed by atoms with Crippen LogP contribution in [0.4, 0.5) is 10.1 Å². The van der Waals surface area contributed by atoms with Gasteiger partial charge in [0.15, 0.2) is 6.10 Å². The number of benzene rings is 2. The van der Waals surface area contributed by atoms with Gasteiger partial charge in [-0.1, -0.05) is 12.1 Å². The molecule has 2 rings (SSSR count). The van der Waals surface area contributed by atoms with Crippen LogP contribution in [0, 0.1) is 5.82 Å². The maximum absolute atomic E-state index is 13.5. The van der Waals surface area contributed by atoms with Gasteiger partial charge in [0.25, 0.3) is 0 Å². The number of thioether (sulfide) groups is 1. The lowest BCUT2D eigenvalue weighted by Crippen LogP contribution is -2.25. The van der Waals surface area contributed by atoms with Gasteiger partial charge in [0.1, 0.15) is 11.6 Å². The number of hydrogen-bond acceptors (Lipinski definition) is 6. The quantitative estimate of drug-likeness (QED) is 0.509. The fourth-order valence-electron chi connectivity index (χ4n) is 2.25. The van der Waals surface area contributed by atoms with Gasteiger partial charge in [-0.05, 0) is 43.3 Å². The number of esters is 1. The van der Waals surface area contributed by atoms with Crippen LogP contribution in [-0.4, -0.2) is 42.4 Å². The Kier molecular flexibility index (Phi) is 8.01. The number of nitrogens with one attached hydrogen (secondary N) is 1. The zero-order chi connectivity index (χ0) is 20.5. The van der Waals surface area contributed by atoms with Crippen molar-refractivity contribution in [2.45, 2.75) is 13.0 Å². The predicted octanol–water partition coefficient (Wildman–Crippen LogP) is 3.32. The standard InChI is InChI=1S/C20H20FNO5S/c1-13(20(25)14-7-9-15(26-2)10-8-14)27-19(24)12-28-11-18(23)22-17-6-4-3-5-16(17)21/h3-10,13H,11-12H2,1-2H3,(H,22,23)/t13-/m0/s1. The van der Waals surface area contributed by atoms with E-state index in [-0.39, 0.29) is 23.0 Å². The van der Waals surface area contributed by atoms with Gasteiger partial charge in [-0.15, -0.1) is 11.8 Å². The van der Waals surface area contributed by atoms with Crippen molar-refractivity contribution in [1.29, 1.82) is 0 Å². The third-order valence-electron chi connectivity index (χ3n) is 3.65. The number of ketones is 1. The minimum absolute atomic E-state index is 0.0513. The molecule has 1 N–H and O–H groups in total. The number of rotatable bonds is 9. The Labute approximate surface area is 166 Å². The number of halogens is 1. The maximum atomic E-state index is 13.5. The molecule has 1 amide bonds. The predicted molar refractivity (Wildman–Crippen MR) is 105 cm³/mol. The Hall–Kier alpha value is -2.87. The first kappa shape index (κ1) is 21.4. The van der Waals surface area contributed by atoms with Crippen LogP contribution >= 0.6 is 11.8 Å². The van der Waals surface area contributed by atoms with E-state index >= 15 is 0 Å². The summed E-state index contributed by atoms with van der Waals surface area (Å²) in [5.41, 5.74) is 0.479. The van der Waals surface area contributed by atoms with E-state index in [1.165, 1.54) is 32.2 Å². The Bertz CT molecular complexity index is 841. The first-order valence-corrected chi connectivity index (χ1v) is 9.56. The van der Waals surface area contributed by atoms with Crippen molar-refractivity contribution < 1.29 is 28.2 Å².